The van der Waals surface area contributed by atoms with E-state index in [0.717, 1.165) is 14.4 Å². The molecule has 0 saturated carbocycles. The number of hydrogen-bond acceptors (Lipinski definition) is 6. The first-order valence-electron chi connectivity index (χ1n) is 8.73. The molecule has 0 aliphatic carbocycles. The Morgan fingerprint density at radius 1 is 1.25 bits per heavy atom. The maximum absolute atomic E-state index is 12.5. The highest BCUT2D eigenvalue weighted by Crippen LogP contribution is 2.32. The van der Waals surface area contributed by atoms with Crippen LogP contribution in [0.4, 0.5) is 9.93 Å². The molecule has 8 nitrogen and oxygen atoms in total. The van der Waals surface area contributed by atoms with E-state index >= 15 is 0 Å². The molecule has 1 atom stereocenters. The van der Waals surface area contributed by atoms with Crippen molar-refractivity contribution in [2.75, 3.05) is 24.5 Å². The highest BCUT2D eigenvalue weighted by molar-refractivity contribution is 9.11. The number of amides is 3. The number of fused-ring (bicyclic) bond motifs is 1. The summed E-state index contributed by atoms with van der Waals surface area (Å²) < 4.78 is 0.882. The lowest BCUT2D eigenvalue weighted by Crippen LogP contribution is -2.36. The summed E-state index contributed by atoms with van der Waals surface area (Å²) >= 11 is 6.13. The summed E-state index contributed by atoms with van der Waals surface area (Å²) in [6.45, 7) is 1.24. The van der Waals surface area contributed by atoms with E-state index in [0.29, 0.717) is 42.5 Å². The lowest BCUT2D eigenvalue weighted by molar-refractivity contribution is -0.117. The summed E-state index contributed by atoms with van der Waals surface area (Å²) in [7, 11) is 0. The average molecular weight is 485 g/mol. The molecule has 11 heteroatoms. The molecule has 2 aromatic heterocycles. The predicted octanol–water partition coefficient (Wildman–Crippen LogP) is 2.58. The van der Waals surface area contributed by atoms with E-state index in [-0.39, 0.29) is 24.3 Å². The van der Waals surface area contributed by atoms with Gasteiger partial charge in [0.05, 0.1) is 20.4 Å². The summed E-state index contributed by atoms with van der Waals surface area (Å²) in [5, 5.41) is 12.7. The smallest absolute Gasteiger partial charge is 0.407 e. The third-order valence-electron chi connectivity index (χ3n) is 4.75. The van der Waals surface area contributed by atoms with Crippen molar-refractivity contribution in [1.82, 2.24) is 15.2 Å². The normalized spacial score (nSPS) is 19.5. The maximum atomic E-state index is 12.5. The Morgan fingerprint density at radius 2 is 2.04 bits per heavy atom. The topological polar surface area (TPSA) is 103 Å². The van der Waals surface area contributed by atoms with Gasteiger partial charge in [-0.3, -0.25) is 14.5 Å². The van der Waals surface area contributed by atoms with Crippen LogP contribution in [-0.4, -0.2) is 58.6 Å². The Balaban J connectivity index is 1.42. The number of thiazole rings is 1. The third kappa shape index (κ3) is 3.91. The van der Waals surface area contributed by atoms with Gasteiger partial charge in [0.15, 0.2) is 5.13 Å². The molecule has 2 N–H and O–H groups in total. The van der Waals surface area contributed by atoms with Crippen molar-refractivity contribution in [3.05, 3.63) is 31.4 Å². The maximum Gasteiger partial charge on any atom is 0.407 e. The van der Waals surface area contributed by atoms with Gasteiger partial charge in [-0.1, -0.05) is 0 Å². The summed E-state index contributed by atoms with van der Waals surface area (Å²) in [4.78, 5) is 45.2. The van der Waals surface area contributed by atoms with Gasteiger partial charge in [-0.05, 0) is 28.1 Å². The zero-order chi connectivity index (χ0) is 19.8. The Labute approximate surface area is 177 Å². The monoisotopic (exact) mass is 484 g/mol. The quantitative estimate of drug-likeness (QED) is 0.696. The summed E-state index contributed by atoms with van der Waals surface area (Å²) in [6, 6.07) is 3.31. The van der Waals surface area contributed by atoms with Gasteiger partial charge in [0.1, 0.15) is 0 Å². The minimum atomic E-state index is -0.915. The predicted molar refractivity (Wildman–Crippen MR) is 109 cm³/mol. The molecule has 1 fully saturated rings. The summed E-state index contributed by atoms with van der Waals surface area (Å²) in [5.74, 6) is -0.243. The highest BCUT2D eigenvalue weighted by atomic mass is 79.9. The molecule has 28 heavy (non-hydrogen) atoms. The first kappa shape index (κ1) is 19.3. The fourth-order valence-electron chi connectivity index (χ4n) is 3.34. The Morgan fingerprint density at radius 3 is 2.75 bits per heavy atom. The number of carboxylic acid groups (broad SMARTS) is 1. The van der Waals surface area contributed by atoms with E-state index in [9.17, 15) is 14.4 Å². The zero-order valence-electron chi connectivity index (χ0n) is 14.7. The lowest BCUT2D eigenvalue weighted by atomic mass is 10.2. The minimum Gasteiger partial charge on any atom is -0.465 e. The first-order chi connectivity index (χ1) is 13.4. The molecule has 2 aromatic rings. The summed E-state index contributed by atoms with van der Waals surface area (Å²) in [5.41, 5.74) is 0.868. The molecule has 4 rings (SSSR count). The molecule has 0 spiro atoms. The molecule has 0 aromatic carbocycles. The van der Waals surface area contributed by atoms with Crippen LogP contribution in [0.5, 0.6) is 0 Å². The molecule has 2 aliphatic rings. The van der Waals surface area contributed by atoms with Crippen LogP contribution in [0.3, 0.4) is 0 Å². The van der Waals surface area contributed by atoms with Crippen molar-refractivity contribution in [3.63, 3.8) is 0 Å². The number of rotatable bonds is 3. The molecule has 3 amide bonds. The van der Waals surface area contributed by atoms with E-state index in [1.165, 1.54) is 27.6 Å². The minimum absolute atomic E-state index is 0.0614. The number of carbonyl (C=O) groups excluding carboxylic acids is 2. The van der Waals surface area contributed by atoms with Crippen molar-refractivity contribution < 1.29 is 19.5 Å². The second-order valence-corrected chi connectivity index (χ2v) is 10.1. The number of nitrogens with zero attached hydrogens (tertiary/aromatic N) is 3. The highest BCUT2D eigenvalue weighted by Gasteiger charge is 2.34. The van der Waals surface area contributed by atoms with E-state index in [1.807, 2.05) is 6.07 Å². The zero-order valence-corrected chi connectivity index (χ0v) is 17.9. The third-order valence-corrected chi connectivity index (χ3v) is 7.56. The Kier molecular flexibility index (Phi) is 5.39. The van der Waals surface area contributed by atoms with Crippen molar-refractivity contribution in [1.29, 1.82) is 0 Å². The number of anilines is 1. The van der Waals surface area contributed by atoms with Gasteiger partial charge in [0.25, 0.3) is 5.91 Å². The van der Waals surface area contributed by atoms with E-state index in [1.54, 1.807) is 11.0 Å². The lowest BCUT2D eigenvalue weighted by Gasteiger charge is -2.16. The van der Waals surface area contributed by atoms with E-state index in [4.69, 9.17) is 5.11 Å². The van der Waals surface area contributed by atoms with Gasteiger partial charge in [0, 0.05) is 43.8 Å². The first-order valence-corrected chi connectivity index (χ1v) is 11.2. The number of aromatic nitrogens is 1. The van der Waals surface area contributed by atoms with Gasteiger partial charge in [0.2, 0.25) is 5.91 Å². The number of hydrogen-bond donors (Lipinski definition) is 2. The summed E-state index contributed by atoms with van der Waals surface area (Å²) in [6.07, 6.45) is 0.485. The van der Waals surface area contributed by atoms with E-state index in [2.05, 4.69) is 26.2 Å². The molecule has 4 heterocycles. The SMILES string of the molecule is O=C(NC1CC(=O)N(c2nc3c(s2)CCN(C(=O)O)CC3)C1)c1ccc(Br)s1. The van der Waals surface area contributed by atoms with Crippen LogP contribution >= 0.6 is 38.6 Å². The number of thiophene rings is 1. The molecular weight excluding hydrogens is 468 g/mol. The van der Waals surface area contributed by atoms with Crippen LogP contribution in [0.15, 0.2) is 15.9 Å². The number of nitrogens with one attached hydrogen (secondary N) is 1. The Hall–Kier alpha value is -1.98. The van der Waals surface area contributed by atoms with Gasteiger partial charge in [-0.25, -0.2) is 9.78 Å². The fraction of sp³-hybridized carbons (Fsp3) is 0.412. The largest absolute Gasteiger partial charge is 0.465 e. The average Bonchev–Trinajstić information content (AvgIpc) is 3.31. The molecular formula is C17H17BrN4O4S2. The van der Waals surface area contributed by atoms with Crippen molar-refractivity contribution in [2.24, 2.45) is 0 Å². The molecule has 1 unspecified atom stereocenters. The van der Waals surface area contributed by atoms with Gasteiger partial charge >= 0.3 is 6.09 Å². The fourth-order valence-corrected chi connectivity index (χ4v) is 5.75. The number of halogens is 1. The standard InChI is InChI=1S/C17H17BrN4O4S2/c18-13-2-1-12(27-13)15(24)19-9-7-14(23)22(8-9)16-20-10-3-5-21(17(25)26)6-4-11(10)28-16/h1-2,9H,3-8H2,(H,19,24)(H,25,26). The van der Waals surface area contributed by atoms with Crippen molar-refractivity contribution >= 4 is 61.6 Å². The van der Waals surface area contributed by atoms with Gasteiger partial charge < -0.3 is 15.3 Å². The van der Waals surface area contributed by atoms with Crippen LogP contribution in [0, 0.1) is 0 Å². The second-order valence-electron chi connectivity index (χ2n) is 6.62. The van der Waals surface area contributed by atoms with Gasteiger partial charge in [-0.15, -0.1) is 22.7 Å². The van der Waals surface area contributed by atoms with Crippen LogP contribution in [-0.2, 0) is 17.6 Å². The van der Waals surface area contributed by atoms with Crippen LogP contribution in [0.2, 0.25) is 0 Å². The van der Waals surface area contributed by atoms with Crippen LogP contribution in [0.1, 0.15) is 26.7 Å². The molecule has 0 radical (unpaired) electrons. The van der Waals surface area contributed by atoms with Crippen molar-refractivity contribution in [3.8, 4) is 0 Å². The second kappa shape index (κ2) is 7.80. The van der Waals surface area contributed by atoms with Crippen molar-refractivity contribution in [2.45, 2.75) is 25.3 Å². The Bertz CT molecular complexity index is 918. The van der Waals surface area contributed by atoms with Gasteiger partial charge in [-0.2, -0.15) is 0 Å². The molecule has 1 saturated heterocycles. The van der Waals surface area contributed by atoms with Crippen LogP contribution in [0.25, 0.3) is 0 Å². The molecule has 148 valence electrons. The van der Waals surface area contributed by atoms with E-state index < -0.39 is 6.09 Å². The van der Waals surface area contributed by atoms with Crippen LogP contribution < -0.4 is 10.2 Å². The molecule has 2 aliphatic heterocycles. The number of carbonyl (C=O) groups is 3. The molecule has 0 bridgehead atoms.